The quantitative estimate of drug-likeness (QED) is 0.805. The first-order valence-corrected chi connectivity index (χ1v) is 9.38. The number of hydrogen-bond donors (Lipinski definition) is 2. The molecule has 0 radical (unpaired) electrons. The largest absolute Gasteiger partial charge is 0.326 e. The molecule has 0 amide bonds. The molecule has 0 spiro atoms. The van der Waals surface area contributed by atoms with E-state index in [4.69, 9.17) is 5.73 Å². The third-order valence-corrected chi connectivity index (χ3v) is 6.14. The van der Waals surface area contributed by atoms with Crippen molar-refractivity contribution in [3.8, 4) is 0 Å². The fraction of sp³-hybridized carbons (Fsp3) is 0.636. The Bertz CT molecular complexity index is 482. The number of aryl methyl sites for hydroxylation is 1. The molecule has 0 bridgehead atoms. The molecular weight excluding hydrogens is 288 g/mol. The molecule has 104 valence electrons. The van der Waals surface area contributed by atoms with E-state index in [9.17, 15) is 8.42 Å². The second kappa shape index (κ2) is 6.91. The van der Waals surface area contributed by atoms with Gasteiger partial charge >= 0.3 is 0 Å². The first kappa shape index (κ1) is 16.0. The highest BCUT2D eigenvalue weighted by molar-refractivity contribution is 7.98. The minimum absolute atomic E-state index is 0.322. The van der Waals surface area contributed by atoms with Gasteiger partial charge in [0.15, 0.2) is 0 Å². The van der Waals surface area contributed by atoms with E-state index in [-0.39, 0.29) is 0 Å². The summed E-state index contributed by atoms with van der Waals surface area (Å²) in [4.78, 5) is 2.05. The number of rotatable bonds is 7. The van der Waals surface area contributed by atoms with E-state index in [2.05, 4.69) is 4.72 Å². The topological polar surface area (TPSA) is 72.2 Å². The Morgan fingerprint density at radius 1 is 1.56 bits per heavy atom. The van der Waals surface area contributed by atoms with E-state index >= 15 is 0 Å². The van der Waals surface area contributed by atoms with E-state index < -0.39 is 10.0 Å². The maximum absolute atomic E-state index is 12.1. The van der Waals surface area contributed by atoms with Crippen molar-refractivity contribution in [2.24, 2.45) is 11.7 Å². The molecule has 1 unspecified atom stereocenters. The number of sulfonamides is 1. The van der Waals surface area contributed by atoms with Gasteiger partial charge in [-0.25, -0.2) is 13.1 Å². The summed E-state index contributed by atoms with van der Waals surface area (Å²) < 4.78 is 26.9. The van der Waals surface area contributed by atoms with Gasteiger partial charge in [-0.2, -0.15) is 11.8 Å². The summed E-state index contributed by atoms with van der Waals surface area (Å²) in [7, 11) is -3.40. The van der Waals surface area contributed by atoms with Gasteiger partial charge in [-0.3, -0.25) is 0 Å². The number of thioether (sulfide) groups is 1. The third kappa shape index (κ3) is 4.24. The summed E-state index contributed by atoms with van der Waals surface area (Å²) in [6, 6.07) is 1.67. The van der Waals surface area contributed by atoms with E-state index in [1.807, 2.05) is 20.1 Å². The number of nitrogens with one attached hydrogen (secondary N) is 1. The predicted molar refractivity (Wildman–Crippen MR) is 79.7 cm³/mol. The zero-order chi connectivity index (χ0) is 13.8. The minimum atomic E-state index is -3.40. The first-order chi connectivity index (χ1) is 8.40. The number of hydrogen-bond acceptors (Lipinski definition) is 5. The molecule has 4 nitrogen and oxygen atoms in total. The highest BCUT2D eigenvalue weighted by Gasteiger charge is 2.20. The molecule has 0 saturated heterocycles. The van der Waals surface area contributed by atoms with Gasteiger partial charge in [0.25, 0.3) is 0 Å². The Labute approximate surface area is 117 Å². The van der Waals surface area contributed by atoms with Crippen molar-refractivity contribution in [3.05, 3.63) is 15.8 Å². The van der Waals surface area contributed by atoms with Crippen LogP contribution in [0.1, 0.15) is 16.7 Å². The van der Waals surface area contributed by atoms with Crippen LogP contribution in [-0.4, -0.2) is 27.0 Å². The Hall–Kier alpha value is -0.0800. The average molecular weight is 308 g/mol. The molecule has 0 aliphatic heterocycles. The lowest BCUT2D eigenvalue weighted by molar-refractivity contribution is 0.562. The summed E-state index contributed by atoms with van der Waals surface area (Å²) >= 11 is 3.16. The summed E-state index contributed by atoms with van der Waals surface area (Å²) in [6.45, 7) is 4.69. The Morgan fingerprint density at radius 3 is 2.72 bits per heavy atom. The average Bonchev–Trinajstić information content (AvgIpc) is 2.69. The van der Waals surface area contributed by atoms with Crippen LogP contribution in [0, 0.1) is 12.8 Å². The lowest BCUT2D eigenvalue weighted by atomic mass is 10.2. The molecule has 0 aliphatic carbocycles. The van der Waals surface area contributed by atoms with Crippen molar-refractivity contribution in [1.29, 1.82) is 0 Å². The summed E-state index contributed by atoms with van der Waals surface area (Å²) in [5, 5.41) is 0. The van der Waals surface area contributed by atoms with Crippen LogP contribution in [-0.2, 0) is 16.6 Å². The van der Waals surface area contributed by atoms with Crippen LogP contribution in [0.2, 0.25) is 0 Å². The van der Waals surface area contributed by atoms with Gasteiger partial charge in [0, 0.05) is 22.8 Å². The van der Waals surface area contributed by atoms with E-state index in [1.165, 1.54) is 11.3 Å². The van der Waals surface area contributed by atoms with Gasteiger partial charge < -0.3 is 5.73 Å². The smallest absolute Gasteiger partial charge is 0.241 e. The molecule has 3 N–H and O–H groups in total. The Kier molecular flexibility index (Phi) is 6.13. The van der Waals surface area contributed by atoms with E-state index in [0.717, 1.165) is 15.5 Å². The van der Waals surface area contributed by atoms with Gasteiger partial charge in [0.05, 0.1) is 4.90 Å². The monoisotopic (exact) mass is 308 g/mol. The molecule has 1 rings (SSSR count). The van der Waals surface area contributed by atoms with E-state index in [0.29, 0.717) is 23.9 Å². The van der Waals surface area contributed by atoms with Crippen molar-refractivity contribution in [2.45, 2.75) is 25.3 Å². The third-order valence-electron chi connectivity index (χ3n) is 2.49. The molecule has 1 aromatic rings. The highest BCUT2D eigenvalue weighted by Crippen LogP contribution is 2.25. The summed E-state index contributed by atoms with van der Waals surface area (Å²) in [5.74, 6) is 1.27. The Balaban J connectivity index is 2.76. The van der Waals surface area contributed by atoms with Crippen LogP contribution in [0.4, 0.5) is 0 Å². The second-order valence-corrected chi connectivity index (χ2v) is 8.24. The highest BCUT2D eigenvalue weighted by atomic mass is 32.2. The van der Waals surface area contributed by atoms with Gasteiger partial charge in [0.1, 0.15) is 0 Å². The zero-order valence-electron chi connectivity index (χ0n) is 10.9. The second-order valence-electron chi connectivity index (χ2n) is 4.25. The lowest BCUT2D eigenvalue weighted by Gasteiger charge is -2.11. The van der Waals surface area contributed by atoms with Gasteiger partial charge in [-0.1, -0.05) is 6.92 Å². The Morgan fingerprint density at radius 2 is 2.22 bits per heavy atom. The maximum atomic E-state index is 12.1. The zero-order valence-corrected chi connectivity index (χ0v) is 13.3. The fourth-order valence-corrected chi connectivity index (χ4v) is 4.93. The summed E-state index contributed by atoms with van der Waals surface area (Å²) in [6.07, 6.45) is 2.02. The maximum Gasteiger partial charge on any atom is 0.241 e. The standard InChI is InChI=1S/C11H20N2O2S3/c1-8(7-16-3)6-13-18(14,15)11-4-10(5-12)17-9(11)2/h4,8,13H,5-7,12H2,1-3H3. The van der Waals surface area contributed by atoms with Crippen molar-refractivity contribution in [1.82, 2.24) is 4.72 Å². The number of thiophene rings is 1. The van der Waals surface area contributed by atoms with Crippen LogP contribution in [0.25, 0.3) is 0 Å². The van der Waals surface area contributed by atoms with Gasteiger partial charge in [-0.15, -0.1) is 11.3 Å². The molecule has 0 aromatic carbocycles. The van der Waals surface area contributed by atoms with Crippen LogP contribution >= 0.6 is 23.1 Å². The van der Waals surface area contributed by atoms with Crippen LogP contribution in [0.3, 0.4) is 0 Å². The minimum Gasteiger partial charge on any atom is -0.326 e. The molecule has 18 heavy (non-hydrogen) atoms. The fourth-order valence-electron chi connectivity index (χ4n) is 1.56. The van der Waals surface area contributed by atoms with Crippen molar-refractivity contribution >= 4 is 33.1 Å². The summed E-state index contributed by atoms with van der Waals surface area (Å²) in [5.41, 5.74) is 5.53. The predicted octanol–water partition coefficient (Wildman–Crippen LogP) is 1.79. The molecule has 1 heterocycles. The SMILES string of the molecule is CSCC(C)CNS(=O)(=O)c1cc(CN)sc1C. The molecule has 0 saturated carbocycles. The van der Waals surface area contributed by atoms with Gasteiger partial charge in [-0.05, 0) is 30.9 Å². The van der Waals surface area contributed by atoms with Crippen molar-refractivity contribution < 1.29 is 8.42 Å². The molecule has 0 fully saturated rings. The van der Waals surface area contributed by atoms with Crippen molar-refractivity contribution in [3.63, 3.8) is 0 Å². The molecule has 0 aliphatic rings. The molecule has 7 heteroatoms. The normalized spacial score (nSPS) is 13.8. The van der Waals surface area contributed by atoms with Crippen molar-refractivity contribution in [2.75, 3.05) is 18.6 Å². The van der Waals surface area contributed by atoms with Crippen LogP contribution in [0.5, 0.6) is 0 Å². The van der Waals surface area contributed by atoms with Gasteiger partial charge in [0.2, 0.25) is 10.0 Å². The van der Waals surface area contributed by atoms with Crippen LogP contribution in [0.15, 0.2) is 11.0 Å². The van der Waals surface area contributed by atoms with Crippen LogP contribution < -0.4 is 10.5 Å². The molecule has 1 atom stereocenters. The lowest BCUT2D eigenvalue weighted by Crippen LogP contribution is -2.29. The molecule has 1 aromatic heterocycles. The first-order valence-electron chi connectivity index (χ1n) is 5.68. The molecular formula is C11H20N2O2S3. The van der Waals surface area contributed by atoms with E-state index in [1.54, 1.807) is 17.8 Å². The number of nitrogens with two attached hydrogens (primary N) is 1.